The topological polar surface area (TPSA) is 53.6 Å². The summed E-state index contributed by atoms with van der Waals surface area (Å²) in [6.45, 7) is 5.27. The molecular weight excluding hydrogens is 341 g/mol. The largest absolute Gasteiger partial charge is 0.453 e. The second-order valence-electron chi connectivity index (χ2n) is 6.22. The molecule has 0 aliphatic carbocycles. The highest BCUT2D eigenvalue weighted by Gasteiger charge is 2.24. The van der Waals surface area contributed by atoms with Crippen molar-refractivity contribution in [2.75, 3.05) is 31.5 Å². The molecule has 5 nitrogen and oxygen atoms in total. The van der Waals surface area contributed by atoms with Gasteiger partial charge in [-0.3, -0.25) is 0 Å². The van der Waals surface area contributed by atoms with Crippen LogP contribution in [0.5, 0.6) is 11.5 Å². The van der Waals surface area contributed by atoms with E-state index in [1.54, 1.807) is 6.07 Å². The Morgan fingerprint density at radius 3 is 2.56 bits per heavy atom. The third-order valence-electron chi connectivity index (χ3n) is 4.54. The van der Waals surface area contributed by atoms with Gasteiger partial charge in [0.05, 0.1) is 16.6 Å². The lowest BCUT2D eigenvalue weighted by molar-refractivity contribution is 0.378. The van der Waals surface area contributed by atoms with E-state index in [0.717, 1.165) is 37.4 Å². The highest BCUT2D eigenvalue weighted by Crippen LogP contribution is 2.43. The standard InChI is InChI=1S/C18H20FN3O2S/c1-12(25(23)22-8-6-20-7-9-22)13-2-4-17-15(10-13)21-16-11-14(19)3-5-18(16)24-17/h2-5,10-12,20-21H,6-9H2,1H3. The van der Waals surface area contributed by atoms with E-state index in [1.165, 1.54) is 12.1 Å². The second-order valence-corrected chi connectivity index (χ2v) is 8.00. The van der Waals surface area contributed by atoms with E-state index in [2.05, 4.69) is 10.6 Å². The first-order valence-electron chi connectivity index (χ1n) is 8.36. The van der Waals surface area contributed by atoms with Gasteiger partial charge in [0, 0.05) is 32.2 Å². The summed E-state index contributed by atoms with van der Waals surface area (Å²) in [6.07, 6.45) is 0. The molecule has 7 heteroatoms. The highest BCUT2D eigenvalue weighted by molar-refractivity contribution is 7.82. The first kappa shape index (κ1) is 16.5. The maximum Gasteiger partial charge on any atom is 0.151 e. The van der Waals surface area contributed by atoms with Gasteiger partial charge in [0.1, 0.15) is 16.8 Å². The molecule has 2 heterocycles. The van der Waals surface area contributed by atoms with Crippen molar-refractivity contribution in [3.05, 3.63) is 47.8 Å². The van der Waals surface area contributed by atoms with Crippen molar-refractivity contribution in [3.63, 3.8) is 0 Å². The predicted octanol–water partition coefficient (Wildman–Crippen LogP) is 3.30. The molecule has 0 bridgehead atoms. The van der Waals surface area contributed by atoms with Gasteiger partial charge in [0.2, 0.25) is 0 Å². The quantitative estimate of drug-likeness (QED) is 0.752. The van der Waals surface area contributed by atoms with E-state index in [9.17, 15) is 8.60 Å². The minimum absolute atomic E-state index is 0.126. The number of fused-ring (bicyclic) bond motifs is 2. The molecule has 4 rings (SSSR count). The zero-order valence-electron chi connectivity index (χ0n) is 13.9. The Balaban J connectivity index is 1.57. The maximum absolute atomic E-state index is 13.4. The third kappa shape index (κ3) is 3.27. The summed E-state index contributed by atoms with van der Waals surface area (Å²) >= 11 is 0. The molecule has 0 saturated carbocycles. The molecule has 0 amide bonds. The average Bonchev–Trinajstić information content (AvgIpc) is 2.65. The average molecular weight is 361 g/mol. The number of ether oxygens (including phenoxy) is 1. The van der Waals surface area contributed by atoms with Crippen LogP contribution in [0.1, 0.15) is 17.7 Å². The van der Waals surface area contributed by atoms with Crippen LogP contribution < -0.4 is 15.4 Å². The summed E-state index contributed by atoms with van der Waals surface area (Å²) in [5.41, 5.74) is 2.33. The lowest BCUT2D eigenvalue weighted by Crippen LogP contribution is -2.45. The Kier molecular flexibility index (Phi) is 4.45. The highest BCUT2D eigenvalue weighted by atomic mass is 32.2. The number of rotatable bonds is 3. The number of piperazine rings is 1. The molecule has 2 N–H and O–H groups in total. The lowest BCUT2D eigenvalue weighted by Gasteiger charge is -2.29. The van der Waals surface area contributed by atoms with Crippen LogP contribution >= 0.6 is 0 Å². The fourth-order valence-electron chi connectivity index (χ4n) is 3.10. The van der Waals surface area contributed by atoms with Crippen molar-refractivity contribution in [1.82, 2.24) is 9.62 Å². The van der Waals surface area contributed by atoms with Crippen molar-refractivity contribution in [2.45, 2.75) is 12.2 Å². The minimum atomic E-state index is -1.09. The van der Waals surface area contributed by atoms with Crippen LogP contribution in [-0.4, -0.2) is 34.7 Å². The summed E-state index contributed by atoms with van der Waals surface area (Å²) in [5, 5.41) is 6.35. The van der Waals surface area contributed by atoms with E-state index in [1.807, 2.05) is 29.4 Å². The Morgan fingerprint density at radius 1 is 1.12 bits per heavy atom. The second kappa shape index (κ2) is 6.74. The van der Waals surface area contributed by atoms with Gasteiger partial charge in [-0.25, -0.2) is 12.9 Å². The van der Waals surface area contributed by atoms with Gasteiger partial charge in [-0.2, -0.15) is 0 Å². The van der Waals surface area contributed by atoms with E-state index >= 15 is 0 Å². The third-order valence-corrected chi connectivity index (χ3v) is 6.29. The number of hydrogen-bond acceptors (Lipinski definition) is 4. The Hall–Kier alpha value is -1.96. The van der Waals surface area contributed by atoms with Crippen LogP contribution in [0.3, 0.4) is 0 Å². The first-order chi connectivity index (χ1) is 12.1. The van der Waals surface area contributed by atoms with Crippen LogP contribution in [0, 0.1) is 5.82 Å². The van der Waals surface area contributed by atoms with Crippen molar-refractivity contribution in [3.8, 4) is 11.5 Å². The number of benzene rings is 2. The molecule has 0 spiro atoms. The number of nitrogens with one attached hydrogen (secondary N) is 2. The van der Waals surface area contributed by atoms with Crippen molar-refractivity contribution >= 4 is 22.4 Å². The zero-order chi connectivity index (χ0) is 17.4. The van der Waals surface area contributed by atoms with Gasteiger partial charge in [-0.1, -0.05) is 6.07 Å². The van der Waals surface area contributed by atoms with Gasteiger partial charge >= 0.3 is 0 Å². The molecule has 2 aliphatic rings. The molecule has 2 aromatic rings. The van der Waals surface area contributed by atoms with Crippen LogP contribution in [0.25, 0.3) is 0 Å². The van der Waals surface area contributed by atoms with Crippen LogP contribution in [0.2, 0.25) is 0 Å². The maximum atomic E-state index is 13.4. The van der Waals surface area contributed by atoms with Gasteiger partial charge in [-0.05, 0) is 36.8 Å². The molecule has 1 saturated heterocycles. The Labute approximate surface area is 148 Å². The summed E-state index contributed by atoms with van der Waals surface area (Å²) in [5.74, 6) is 0.963. The van der Waals surface area contributed by atoms with Crippen LogP contribution in [-0.2, 0) is 11.0 Å². The van der Waals surface area contributed by atoms with Gasteiger partial charge in [0.25, 0.3) is 0 Å². The molecular formula is C18H20FN3O2S. The van der Waals surface area contributed by atoms with E-state index in [0.29, 0.717) is 17.2 Å². The molecule has 2 atom stereocenters. The predicted molar refractivity (Wildman–Crippen MR) is 97.2 cm³/mol. The van der Waals surface area contributed by atoms with E-state index in [-0.39, 0.29) is 11.1 Å². The summed E-state index contributed by atoms with van der Waals surface area (Å²) in [7, 11) is -1.09. The van der Waals surface area contributed by atoms with E-state index in [4.69, 9.17) is 4.74 Å². The lowest BCUT2D eigenvalue weighted by atomic mass is 10.1. The smallest absolute Gasteiger partial charge is 0.151 e. The monoisotopic (exact) mass is 361 g/mol. The zero-order valence-corrected chi connectivity index (χ0v) is 14.7. The summed E-state index contributed by atoms with van der Waals surface area (Å²) < 4.78 is 34.1. The normalized spacial score (nSPS) is 19.1. The molecule has 25 heavy (non-hydrogen) atoms. The molecule has 2 aliphatic heterocycles. The number of anilines is 2. The number of halogens is 1. The minimum Gasteiger partial charge on any atom is -0.453 e. The number of hydrogen-bond donors (Lipinski definition) is 2. The van der Waals surface area contributed by atoms with Crippen molar-refractivity contribution < 1.29 is 13.3 Å². The Bertz CT molecular complexity index is 824. The van der Waals surface area contributed by atoms with Crippen LogP contribution in [0.15, 0.2) is 36.4 Å². The SMILES string of the molecule is CC(c1ccc2c(c1)Nc1cc(F)ccc1O2)S(=O)N1CCNCC1. The Morgan fingerprint density at radius 2 is 1.80 bits per heavy atom. The number of nitrogens with zero attached hydrogens (tertiary/aromatic N) is 1. The first-order valence-corrected chi connectivity index (χ1v) is 9.53. The fraction of sp³-hybridized carbons (Fsp3) is 0.333. The van der Waals surface area contributed by atoms with Crippen molar-refractivity contribution in [1.29, 1.82) is 0 Å². The van der Waals surface area contributed by atoms with Gasteiger partial charge in [0.15, 0.2) is 11.5 Å². The molecule has 132 valence electrons. The molecule has 2 aromatic carbocycles. The van der Waals surface area contributed by atoms with Gasteiger partial charge in [-0.15, -0.1) is 0 Å². The van der Waals surface area contributed by atoms with Crippen molar-refractivity contribution in [2.24, 2.45) is 0 Å². The molecule has 0 radical (unpaired) electrons. The summed E-state index contributed by atoms with van der Waals surface area (Å²) in [4.78, 5) is 0. The van der Waals surface area contributed by atoms with Crippen LogP contribution in [0.4, 0.5) is 15.8 Å². The van der Waals surface area contributed by atoms with Gasteiger partial charge < -0.3 is 15.4 Å². The fourth-order valence-corrected chi connectivity index (χ4v) is 4.47. The summed E-state index contributed by atoms with van der Waals surface area (Å²) in [6, 6.07) is 10.1. The molecule has 1 fully saturated rings. The molecule has 2 unspecified atom stereocenters. The van der Waals surface area contributed by atoms with E-state index < -0.39 is 11.0 Å². The molecule has 0 aromatic heterocycles.